The third-order valence-electron chi connectivity index (χ3n) is 2.73. The molecule has 114 valence electrons. The Morgan fingerprint density at radius 2 is 2.14 bits per heavy atom. The number of ether oxygens (including phenoxy) is 1. The molecule has 5 nitrogen and oxygen atoms in total. The summed E-state index contributed by atoms with van der Waals surface area (Å²) in [5, 5.41) is 5.96. The van der Waals surface area contributed by atoms with E-state index >= 15 is 0 Å². The molecule has 1 heterocycles. The summed E-state index contributed by atoms with van der Waals surface area (Å²) in [7, 11) is 1.67. The molecule has 0 saturated carbocycles. The van der Waals surface area contributed by atoms with Crippen LogP contribution in [0.15, 0.2) is 40.7 Å². The van der Waals surface area contributed by atoms with E-state index in [2.05, 4.69) is 15.3 Å². The van der Waals surface area contributed by atoms with Gasteiger partial charge in [0.1, 0.15) is 11.1 Å². The first-order valence-electron chi connectivity index (χ1n) is 6.28. The van der Waals surface area contributed by atoms with Crippen molar-refractivity contribution in [1.82, 2.24) is 4.98 Å². The molecular formula is C14H19IN4OS. The first kappa shape index (κ1) is 17.9. The van der Waals surface area contributed by atoms with Crippen molar-refractivity contribution in [1.29, 1.82) is 0 Å². The molecule has 2 rings (SSSR count). The predicted molar refractivity (Wildman–Crippen MR) is 98.3 cm³/mol. The fraction of sp³-hybridized carbons (Fsp3) is 0.286. The first-order valence-corrected chi connectivity index (χ1v) is 7.16. The maximum Gasteiger partial charge on any atom is 0.193 e. The molecule has 7 heteroatoms. The van der Waals surface area contributed by atoms with E-state index in [1.54, 1.807) is 18.4 Å². The highest BCUT2D eigenvalue weighted by Gasteiger charge is 2.08. The van der Waals surface area contributed by atoms with E-state index in [1.165, 1.54) is 0 Å². The molecule has 2 aromatic rings. The monoisotopic (exact) mass is 418 g/mol. The molecular weight excluding hydrogens is 399 g/mol. The third-order valence-corrected chi connectivity index (χ3v) is 3.78. The second-order valence-corrected chi connectivity index (χ2v) is 5.14. The number of aromatic nitrogens is 1. The Balaban J connectivity index is 0.00000220. The van der Waals surface area contributed by atoms with Crippen LogP contribution in [0.25, 0.3) is 0 Å². The number of rotatable bonds is 5. The van der Waals surface area contributed by atoms with Gasteiger partial charge in [-0.25, -0.2) is 9.98 Å². The van der Waals surface area contributed by atoms with Gasteiger partial charge in [0.05, 0.1) is 12.2 Å². The lowest BCUT2D eigenvalue weighted by Crippen LogP contribution is -2.22. The molecule has 0 aliphatic heterocycles. The van der Waals surface area contributed by atoms with Crippen molar-refractivity contribution < 1.29 is 4.74 Å². The average Bonchev–Trinajstić information content (AvgIpc) is 2.94. The van der Waals surface area contributed by atoms with Crippen molar-refractivity contribution in [2.24, 2.45) is 10.7 Å². The maximum absolute atomic E-state index is 5.84. The molecule has 0 spiro atoms. The summed E-state index contributed by atoms with van der Waals surface area (Å²) in [5.74, 6) is 0.380. The van der Waals surface area contributed by atoms with E-state index in [1.807, 2.05) is 42.6 Å². The van der Waals surface area contributed by atoms with Gasteiger partial charge in [-0.3, -0.25) is 0 Å². The summed E-state index contributed by atoms with van der Waals surface area (Å²) in [6, 6.07) is 9.70. The van der Waals surface area contributed by atoms with Gasteiger partial charge in [0.2, 0.25) is 0 Å². The van der Waals surface area contributed by atoms with Crippen molar-refractivity contribution in [3.8, 4) is 0 Å². The van der Waals surface area contributed by atoms with Crippen LogP contribution in [0.1, 0.15) is 23.7 Å². The van der Waals surface area contributed by atoms with Gasteiger partial charge in [0.25, 0.3) is 0 Å². The van der Waals surface area contributed by atoms with Gasteiger partial charge in [0, 0.05) is 18.2 Å². The van der Waals surface area contributed by atoms with Crippen LogP contribution in [0.2, 0.25) is 0 Å². The standard InChI is InChI=1S/C14H18N4OS.HI/c1-10(19-2)13-17-12(9-20-13)8-16-14(15)18-11-6-4-3-5-7-11;/h3-7,9-10H,8H2,1-2H3,(H3,15,16,18);1H. The van der Waals surface area contributed by atoms with Gasteiger partial charge in [-0.1, -0.05) is 18.2 Å². The second-order valence-electron chi connectivity index (χ2n) is 4.25. The molecule has 0 amide bonds. The zero-order valence-electron chi connectivity index (χ0n) is 11.9. The zero-order valence-corrected chi connectivity index (χ0v) is 15.1. The Labute approximate surface area is 145 Å². The van der Waals surface area contributed by atoms with Crippen LogP contribution in [-0.4, -0.2) is 18.1 Å². The van der Waals surface area contributed by atoms with Crippen LogP contribution in [0.4, 0.5) is 5.69 Å². The van der Waals surface area contributed by atoms with Gasteiger partial charge in [0.15, 0.2) is 5.96 Å². The molecule has 1 aromatic carbocycles. The molecule has 1 unspecified atom stereocenters. The Kier molecular flexibility index (Phi) is 7.62. The fourth-order valence-electron chi connectivity index (χ4n) is 1.56. The fourth-order valence-corrected chi connectivity index (χ4v) is 2.40. The number of guanidine groups is 1. The van der Waals surface area contributed by atoms with Crippen molar-refractivity contribution in [3.63, 3.8) is 0 Å². The number of nitrogens with zero attached hydrogens (tertiary/aromatic N) is 2. The lowest BCUT2D eigenvalue weighted by atomic mass is 10.3. The number of nitrogens with two attached hydrogens (primary N) is 1. The van der Waals surface area contributed by atoms with Crippen LogP contribution < -0.4 is 11.1 Å². The molecule has 1 atom stereocenters. The van der Waals surface area contributed by atoms with Crippen molar-refractivity contribution >= 4 is 47.0 Å². The van der Waals surface area contributed by atoms with Gasteiger partial charge >= 0.3 is 0 Å². The predicted octanol–water partition coefficient (Wildman–Crippen LogP) is 3.40. The van der Waals surface area contributed by atoms with E-state index in [9.17, 15) is 0 Å². The summed E-state index contributed by atoms with van der Waals surface area (Å²) in [6.07, 6.45) is 0.0116. The van der Waals surface area contributed by atoms with Gasteiger partial charge < -0.3 is 15.8 Å². The lowest BCUT2D eigenvalue weighted by molar-refractivity contribution is 0.119. The van der Waals surface area contributed by atoms with E-state index in [0.717, 1.165) is 16.4 Å². The molecule has 0 aliphatic carbocycles. The smallest absolute Gasteiger partial charge is 0.193 e. The number of aliphatic imine (C=N–C) groups is 1. The summed E-state index contributed by atoms with van der Waals surface area (Å²) >= 11 is 1.57. The number of thiazole rings is 1. The highest BCUT2D eigenvalue weighted by atomic mass is 127. The molecule has 0 radical (unpaired) electrons. The second kappa shape index (κ2) is 8.96. The van der Waals surface area contributed by atoms with Crippen LogP contribution >= 0.6 is 35.3 Å². The normalized spacial score (nSPS) is 12.6. The largest absolute Gasteiger partial charge is 0.375 e. The number of hydrogen-bond donors (Lipinski definition) is 2. The van der Waals surface area contributed by atoms with Gasteiger partial charge in [-0.15, -0.1) is 35.3 Å². The van der Waals surface area contributed by atoms with Crippen LogP contribution in [0.5, 0.6) is 0 Å². The maximum atomic E-state index is 5.84. The first-order chi connectivity index (χ1) is 9.69. The number of benzene rings is 1. The number of methoxy groups -OCH3 is 1. The number of nitrogens with one attached hydrogen (secondary N) is 1. The molecule has 0 bridgehead atoms. The Hall–Kier alpha value is -1.19. The Morgan fingerprint density at radius 1 is 1.43 bits per heavy atom. The average molecular weight is 418 g/mol. The molecule has 3 N–H and O–H groups in total. The van der Waals surface area contributed by atoms with E-state index < -0.39 is 0 Å². The molecule has 0 aliphatic rings. The minimum Gasteiger partial charge on any atom is -0.375 e. The Bertz CT molecular complexity index is 573. The topological polar surface area (TPSA) is 72.5 Å². The summed E-state index contributed by atoms with van der Waals surface area (Å²) < 4.78 is 5.23. The zero-order chi connectivity index (χ0) is 14.4. The highest BCUT2D eigenvalue weighted by molar-refractivity contribution is 14.0. The number of hydrogen-bond acceptors (Lipinski definition) is 4. The van der Waals surface area contributed by atoms with Crippen LogP contribution in [-0.2, 0) is 11.3 Å². The van der Waals surface area contributed by atoms with Crippen LogP contribution in [0, 0.1) is 0 Å². The molecule has 0 fully saturated rings. The highest BCUT2D eigenvalue weighted by Crippen LogP contribution is 2.20. The summed E-state index contributed by atoms with van der Waals surface area (Å²) in [6.45, 7) is 2.43. The van der Waals surface area contributed by atoms with Crippen molar-refractivity contribution in [2.75, 3.05) is 12.4 Å². The molecule has 1 aromatic heterocycles. The van der Waals surface area contributed by atoms with E-state index in [0.29, 0.717) is 12.5 Å². The Morgan fingerprint density at radius 3 is 2.81 bits per heavy atom. The van der Waals surface area contributed by atoms with Crippen molar-refractivity contribution in [2.45, 2.75) is 19.6 Å². The minimum atomic E-state index is 0. The lowest BCUT2D eigenvalue weighted by Gasteiger charge is -2.04. The number of halogens is 1. The molecule has 0 saturated heterocycles. The third kappa shape index (κ3) is 5.60. The van der Waals surface area contributed by atoms with Crippen LogP contribution in [0.3, 0.4) is 0 Å². The summed E-state index contributed by atoms with van der Waals surface area (Å²) in [4.78, 5) is 8.74. The SMILES string of the molecule is COC(C)c1nc(CN=C(N)Nc2ccccc2)cs1.I. The summed E-state index contributed by atoms with van der Waals surface area (Å²) in [5.41, 5.74) is 7.65. The molecule has 21 heavy (non-hydrogen) atoms. The number of anilines is 1. The number of para-hydroxylation sites is 1. The van der Waals surface area contributed by atoms with Gasteiger partial charge in [-0.2, -0.15) is 0 Å². The van der Waals surface area contributed by atoms with Gasteiger partial charge in [-0.05, 0) is 19.1 Å². The van der Waals surface area contributed by atoms with Crippen molar-refractivity contribution in [3.05, 3.63) is 46.4 Å². The quantitative estimate of drug-likeness (QED) is 0.444. The van der Waals surface area contributed by atoms with E-state index in [-0.39, 0.29) is 30.1 Å². The van der Waals surface area contributed by atoms with E-state index in [4.69, 9.17) is 10.5 Å². The minimum absolute atomic E-state index is 0.